The molecule has 0 unspecified atom stereocenters. The molecule has 4 aromatic rings. The Balaban J connectivity index is 1.34. The van der Waals surface area contributed by atoms with Crippen LogP contribution < -0.4 is 10.6 Å². The largest absolute Gasteiger partial charge is 0.381 e. The highest BCUT2D eigenvalue weighted by atomic mass is 16.1. The summed E-state index contributed by atoms with van der Waals surface area (Å²) >= 11 is 0. The molecule has 0 amide bonds. The van der Waals surface area contributed by atoms with Crippen molar-refractivity contribution in [3.63, 3.8) is 0 Å². The van der Waals surface area contributed by atoms with Crippen LogP contribution in [0.4, 0.5) is 11.4 Å². The maximum absolute atomic E-state index is 12.8. The number of nitrogens with one attached hydrogen (secondary N) is 2. The topological polar surface area (TPSA) is 41.1 Å². The second-order valence-corrected chi connectivity index (χ2v) is 7.16. The maximum Gasteiger partial charge on any atom is 0.193 e. The van der Waals surface area contributed by atoms with E-state index in [1.807, 2.05) is 84.9 Å². The number of ketones is 1. The summed E-state index contributed by atoms with van der Waals surface area (Å²) in [6, 6.07) is 35.8. The third-order valence-electron chi connectivity index (χ3n) is 4.97. The predicted octanol–water partition coefficient (Wildman–Crippen LogP) is 6.14. The molecule has 0 atom stereocenters. The fourth-order valence-electron chi connectivity index (χ4n) is 3.25. The number of carbonyl (C=O) groups excluding carboxylic acids is 1. The van der Waals surface area contributed by atoms with Crippen molar-refractivity contribution in [1.82, 2.24) is 0 Å². The summed E-state index contributed by atoms with van der Waals surface area (Å²) in [6.07, 6.45) is 0. The normalized spacial score (nSPS) is 10.4. The van der Waals surface area contributed by atoms with E-state index in [4.69, 9.17) is 0 Å². The zero-order chi connectivity index (χ0) is 20.6. The van der Waals surface area contributed by atoms with Crippen molar-refractivity contribution >= 4 is 17.2 Å². The fourth-order valence-corrected chi connectivity index (χ4v) is 3.25. The standard InChI is InChI=1S/C27H24N2O/c30-27(23-11-15-25(16-12-23)28-19-21-7-3-1-4-8-21)24-13-17-26(18-14-24)29-20-22-9-5-2-6-10-22/h1-18,28-29H,19-20H2. The number of benzene rings is 4. The van der Waals surface area contributed by atoms with Gasteiger partial charge >= 0.3 is 0 Å². The number of anilines is 2. The van der Waals surface area contributed by atoms with Crippen LogP contribution in [0.15, 0.2) is 109 Å². The molecule has 0 saturated heterocycles. The SMILES string of the molecule is O=C(c1ccc(NCc2ccccc2)cc1)c1ccc(NCc2ccccc2)cc1. The molecule has 0 bridgehead atoms. The van der Waals surface area contributed by atoms with E-state index >= 15 is 0 Å². The van der Waals surface area contributed by atoms with Gasteiger partial charge in [-0.2, -0.15) is 0 Å². The minimum absolute atomic E-state index is 0.0271. The predicted molar refractivity (Wildman–Crippen MR) is 124 cm³/mol. The Kier molecular flexibility index (Phi) is 6.21. The van der Waals surface area contributed by atoms with Crippen molar-refractivity contribution in [3.05, 3.63) is 131 Å². The van der Waals surface area contributed by atoms with Gasteiger partial charge in [-0.25, -0.2) is 0 Å². The molecule has 0 aliphatic rings. The number of carbonyl (C=O) groups is 1. The Bertz CT molecular complexity index is 984. The highest BCUT2D eigenvalue weighted by Gasteiger charge is 2.09. The molecule has 0 aliphatic heterocycles. The monoisotopic (exact) mass is 392 g/mol. The van der Waals surface area contributed by atoms with Crippen LogP contribution in [-0.4, -0.2) is 5.78 Å². The summed E-state index contributed by atoms with van der Waals surface area (Å²) in [7, 11) is 0. The minimum atomic E-state index is 0.0271. The molecule has 0 spiro atoms. The van der Waals surface area contributed by atoms with Gasteiger partial charge in [-0.15, -0.1) is 0 Å². The van der Waals surface area contributed by atoms with Crippen molar-refractivity contribution in [2.75, 3.05) is 10.6 Å². The van der Waals surface area contributed by atoms with Crippen LogP contribution in [0.3, 0.4) is 0 Å². The lowest BCUT2D eigenvalue weighted by atomic mass is 10.0. The van der Waals surface area contributed by atoms with Gasteiger partial charge in [0.2, 0.25) is 0 Å². The molecule has 148 valence electrons. The first-order valence-corrected chi connectivity index (χ1v) is 10.1. The molecular weight excluding hydrogens is 368 g/mol. The summed E-state index contributed by atoms with van der Waals surface area (Å²) in [4.78, 5) is 12.8. The zero-order valence-corrected chi connectivity index (χ0v) is 16.7. The van der Waals surface area contributed by atoms with E-state index in [9.17, 15) is 4.79 Å². The Morgan fingerprint density at radius 1 is 0.500 bits per heavy atom. The summed E-state index contributed by atoms with van der Waals surface area (Å²) in [5.74, 6) is 0.0271. The molecule has 3 nitrogen and oxygen atoms in total. The maximum atomic E-state index is 12.8. The lowest BCUT2D eigenvalue weighted by Crippen LogP contribution is -2.04. The van der Waals surface area contributed by atoms with Gasteiger partial charge < -0.3 is 10.6 Å². The number of rotatable bonds is 8. The summed E-state index contributed by atoms with van der Waals surface area (Å²) in [5, 5.41) is 6.76. The highest BCUT2D eigenvalue weighted by Crippen LogP contribution is 2.17. The third kappa shape index (κ3) is 5.15. The summed E-state index contributed by atoms with van der Waals surface area (Å²) in [6.45, 7) is 1.51. The molecule has 0 radical (unpaired) electrons. The molecule has 0 saturated carbocycles. The van der Waals surface area contributed by atoms with Crippen molar-refractivity contribution in [1.29, 1.82) is 0 Å². The average Bonchev–Trinajstić information content (AvgIpc) is 2.83. The molecule has 0 aromatic heterocycles. The van der Waals surface area contributed by atoms with E-state index in [0.717, 1.165) is 24.5 Å². The van der Waals surface area contributed by atoms with E-state index in [0.29, 0.717) is 11.1 Å². The van der Waals surface area contributed by atoms with E-state index in [-0.39, 0.29) is 5.78 Å². The molecule has 3 heteroatoms. The van der Waals surface area contributed by atoms with Gasteiger partial charge in [0.05, 0.1) is 0 Å². The highest BCUT2D eigenvalue weighted by molar-refractivity contribution is 6.09. The first-order valence-electron chi connectivity index (χ1n) is 10.1. The van der Waals surface area contributed by atoms with Crippen molar-refractivity contribution in [3.8, 4) is 0 Å². The third-order valence-corrected chi connectivity index (χ3v) is 4.97. The molecule has 2 N–H and O–H groups in total. The molecule has 4 rings (SSSR count). The molecule has 0 fully saturated rings. The van der Waals surface area contributed by atoms with Crippen molar-refractivity contribution < 1.29 is 4.79 Å². The number of hydrogen-bond donors (Lipinski definition) is 2. The molecule has 0 aliphatic carbocycles. The Morgan fingerprint density at radius 2 is 0.867 bits per heavy atom. The zero-order valence-electron chi connectivity index (χ0n) is 16.7. The van der Waals surface area contributed by atoms with Gasteiger partial charge in [0.15, 0.2) is 5.78 Å². The second kappa shape index (κ2) is 9.57. The first-order chi connectivity index (χ1) is 14.8. The molecule has 4 aromatic carbocycles. The lowest BCUT2D eigenvalue weighted by molar-refractivity contribution is 0.103. The average molecular weight is 393 g/mol. The van der Waals surface area contributed by atoms with E-state index < -0.39 is 0 Å². The Labute approximate surface area is 177 Å². The van der Waals surface area contributed by atoms with Gasteiger partial charge in [-0.05, 0) is 59.7 Å². The Morgan fingerprint density at radius 3 is 1.23 bits per heavy atom. The molecular formula is C27H24N2O. The van der Waals surface area contributed by atoms with Crippen LogP contribution in [-0.2, 0) is 13.1 Å². The summed E-state index contributed by atoms with van der Waals surface area (Å²) in [5.41, 5.74) is 5.81. The fraction of sp³-hybridized carbons (Fsp3) is 0.0741. The quantitative estimate of drug-likeness (QED) is 0.354. The van der Waals surface area contributed by atoms with Crippen LogP contribution in [0.25, 0.3) is 0 Å². The van der Waals surface area contributed by atoms with Gasteiger partial charge in [0.25, 0.3) is 0 Å². The van der Waals surface area contributed by atoms with Crippen LogP contribution in [0.5, 0.6) is 0 Å². The van der Waals surface area contributed by atoms with E-state index in [2.05, 4.69) is 34.9 Å². The van der Waals surface area contributed by atoms with E-state index in [1.54, 1.807) is 0 Å². The summed E-state index contributed by atoms with van der Waals surface area (Å²) < 4.78 is 0. The van der Waals surface area contributed by atoms with Gasteiger partial charge in [0, 0.05) is 35.6 Å². The van der Waals surface area contributed by atoms with Crippen LogP contribution in [0, 0.1) is 0 Å². The van der Waals surface area contributed by atoms with Crippen LogP contribution >= 0.6 is 0 Å². The van der Waals surface area contributed by atoms with Gasteiger partial charge in [-0.3, -0.25) is 4.79 Å². The Hall–Kier alpha value is -3.85. The lowest BCUT2D eigenvalue weighted by Gasteiger charge is -2.09. The smallest absolute Gasteiger partial charge is 0.193 e. The minimum Gasteiger partial charge on any atom is -0.381 e. The number of hydrogen-bond acceptors (Lipinski definition) is 3. The van der Waals surface area contributed by atoms with Gasteiger partial charge in [0.1, 0.15) is 0 Å². The van der Waals surface area contributed by atoms with Crippen molar-refractivity contribution in [2.24, 2.45) is 0 Å². The molecule has 0 heterocycles. The van der Waals surface area contributed by atoms with Crippen LogP contribution in [0.1, 0.15) is 27.0 Å². The second-order valence-electron chi connectivity index (χ2n) is 7.16. The van der Waals surface area contributed by atoms with Gasteiger partial charge in [-0.1, -0.05) is 60.7 Å². The molecule has 30 heavy (non-hydrogen) atoms. The van der Waals surface area contributed by atoms with E-state index in [1.165, 1.54) is 11.1 Å². The van der Waals surface area contributed by atoms with Crippen LogP contribution in [0.2, 0.25) is 0 Å². The first kappa shape index (κ1) is 19.5. The van der Waals surface area contributed by atoms with Crippen molar-refractivity contribution in [2.45, 2.75) is 13.1 Å².